The number of rotatable bonds is 6. The molecule has 0 atom stereocenters. The Hall–Kier alpha value is -3.24. The van der Waals surface area contributed by atoms with Crippen LogP contribution in [-0.4, -0.2) is 40.9 Å². The molecule has 9 nitrogen and oxygen atoms in total. The number of aromatic nitrogens is 2. The molecular weight excluding hydrogens is 444 g/mol. The fourth-order valence-corrected chi connectivity index (χ4v) is 5.70. The minimum atomic E-state index is -3.64. The van der Waals surface area contributed by atoms with E-state index < -0.39 is 27.2 Å². The number of nitrogens with zero attached hydrogens (tertiary/aromatic N) is 3. The van der Waals surface area contributed by atoms with Gasteiger partial charge in [-0.1, -0.05) is 24.6 Å². The van der Waals surface area contributed by atoms with Crippen molar-refractivity contribution >= 4 is 32.5 Å². The van der Waals surface area contributed by atoms with Crippen molar-refractivity contribution in [3.8, 4) is 0 Å². The fourth-order valence-electron chi connectivity index (χ4n) is 4.14. The first-order valence-corrected chi connectivity index (χ1v) is 12.4. The van der Waals surface area contributed by atoms with E-state index in [1.165, 1.54) is 21.0 Å². The largest absolute Gasteiger partial charge is 0.331 e. The van der Waals surface area contributed by atoms with Crippen molar-refractivity contribution < 1.29 is 13.2 Å². The number of anilines is 1. The third kappa shape index (κ3) is 4.49. The Labute approximate surface area is 191 Å². The Morgan fingerprint density at radius 1 is 0.970 bits per heavy atom. The van der Waals surface area contributed by atoms with Gasteiger partial charge in [-0.2, -0.15) is 4.31 Å². The summed E-state index contributed by atoms with van der Waals surface area (Å²) in [6.07, 6.45) is 2.68. The molecule has 0 spiro atoms. The Bertz CT molecular complexity index is 1420. The van der Waals surface area contributed by atoms with Crippen LogP contribution in [0.3, 0.4) is 0 Å². The molecule has 2 aromatic carbocycles. The summed E-state index contributed by atoms with van der Waals surface area (Å²) in [6.45, 7) is 2.53. The summed E-state index contributed by atoms with van der Waals surface area (Å²) >= 11 is 0. The number of fused-ring (bicyclic) bond motifs is 1. The van der Waals surface area contributed by atoms with Crippen molar-refractivity contribution in [1.29, 1.82) is 0 Å². The first-order valence-electron chi connectivity index (χ1n) is 11.0. The van der Waals surface area contributed by atoms with Crippen molar-refractivity contribution in [3.05, 3.63) is 69.4 Å². The molecule has 0 saturated carbocycles. The molecular formula is C23H26N4O5S. The van der Waals surface area contributed by atoms with Gasteiger partial charge >= 0.3 is 5.69 Å². The van der Waals surface area contributed by atoms with Crippen molar-refractivity contribution in [2.45, 2.75) is 44.2 Å². The number of hydrogen-bond donors (Lipinski definition) is 1. The van der Waals surface area contributed by atoms with Gasteiger partial charge in [0.15, 0.2) is 0 Å². The molecule has 2 heterocycles. The SMILES string of the molecule is CCn1c(=O)c2ccccc2n(CC(=O)Nc2cccc(S(=O)(=O)N3CCCCC3)c2)c1=O. The van der Waals surface area contributed by atoms with Gasteiger partial charge in [0, 0.05) is 25.3 Å². The van der Waals surface area contributed by atoms with Gasteiger partial charge in [-0.05, 0) is 50.1 Å². The van der Waals surface area contributed by atoms with E-state index >= 15 is 0 Å². The van der Waals surface area contributed by atoms with Crippen molar-refractivity contribution in [1.82, 2.24) is 13.4 Å². The zero-order chi connectivity index (χ0) is 23.6. The molecule has 4 rings (SSSR count). The third-order valence-corrected chi connectivity index (χ3v) is 7.72. The first kappa shape index (κ1) is 22.9. The molecule has 33 heavy (non-hydrogen) atoms. The lowest BCUT2D eigenvalue weighted by Crippen LogP contribution is -2.41. The van der Waals surface area contributed by atoms with Crippen molar-refractivity contribution in [2.75, 3.05) is 18.4 Å². The molecule has 3 aromatic rings. The standard InChI is InChI=1S/C23H26N4O5S/c1-2-26-22(29)19-11-4-5-12-20(19)27(23(26)30)16-21(28)24-17-9-8-10-18(15-17)33(31,32)25-13-6-3-7-14-25/h4-5,8-12,15H,2-3,6-7,13-14,16H2,1H3,(H,24,28). The lowest BCUT2D eigenvalue weighted by atomic mass is 10.2. The molecule has 0 bridgehead atoms. The highest BCUT2D eigenvalue weighted by atomic mass is 32.2. The number of sulfonamides is 1. The average molecular weight is 471 g/mol. The van der Waals surface area contributed by atoms with Crippen molar-refractivity contribution in [2.24, 2.45) is 0 Å². The number of carbonyl (C=O) groups is 1. The van der Waals surface area contributed by atoms with E-state index in [1.54, 1.807) is 43.3 Å². The second-order valence-electron chi connectivity index (χ2n) is 7.98. The first-order chi connectivity index (χ1) is 15.8. The number of nitrogens with one attached hydrogen (secondary N) is 1. The molecule has 1 fully saturated rings. The van der Waals surface area contributed by atoms with Gasteiger partial charge in [0.05, 0.1) is 15.8 Å². The Balaban J connectivity index is 1.61. The number of amides is 1. The lowest BCUT2D eigenvalue weighted by Gasteiger charge is -2.26. The zero-order valence-corrected chi connectivity index (χ0v) is 19.2. The van der Waals surface area contributed by atoms with Crippen LogP contribution < -0.4 is 16.6 Å². The van der Waals surface area contributed by atoms with Crippen molar-refractivity contribution in [3.63, 3.8) is 0 Å². The molecule has 0 radical (unpaired) electrons. The summed E-state index contributed by atoms with van der Waals surface area (Å²) < 4.78 is 29.7. The highest BCUT2D eigenvalue weighted by Crippen LogP contribution is 2.23. The normalized spacial score (nSPS) is 14.9. The Morgan fingerprint density at radius 2 is 1.70 bits per heavy atom. The number of benzene rings is 2. The van der Waals surface area contributed by atoms with Crippen LogP contribution in [0.2, 0.25) is 0 Å². The smallest absolute Gasteiger partial charge is 0.324 e. The second kappa shape index (κ2) is 9.32. The number of piperidine rings is 1. The minimum Gasteiger partial charge on any atom is -0.324 e. The molecule has 1 N–H and O–H groups in total. The van der Waals surface area contributed by atoms with Gasteiger partial charge in [-0.3, -0.25) is 18.7 Å². The molecule has 1 aliphatic heterocycles. The van der Waals surface area contributed by atoms with E-state index in [2.05, 4.69) is 5.32 Å². The van der Waals surface area contributed by atoms with Crippen LogP contribution >= 0.6 is 0 Å². The number of hydrogen-bond acceptors (Lipinski definition) is 5. The maximum atomic E-state index is 12.9. The van der Waals surface area contributed by atoms with Crippen LogP contribution in [0.1, 0.15) is 26.2 Å². The Morgan fingerprint density at radius 3 is 2.42 bits per heavy atom. The van der Waals surface area contributed by atoms with E-state index in [0.29, 0.717) is 29.7 Å². The molecule has 1 aliphatic rings. The molecule has 174 valence electrons. The van der Waals surface area contributed by atoms with E-state index in [0.717, 1.165) is 23.8 Å². The van der Waals surface area contributed by atoms with Crippen LogP contribution in [0, 0.1) is 0 Å². The van der Waals surface area contributed by atoms with Gasteiger partial charge in [0.2, 0.25) is 15.9 Å². The fraction of sp³-hybridized carbons (Fsp3) is 0.348. The van der Waals surface area contributed by atoms with Gasteiger partial charge in [0.25, 0.3) is 5.56 Å². The van der Waals surface area contributed by atoms with Crippen LogP contribution in [-0.2, 0) is 27.9 Å². The quantitative estimate of drug-likeness (QED) is 0.592. The van der Waals surface area contributed by atoms with Crippen LogP contribution in [0.25, 0.3) is 10.9 Å². The van der Waals surface area contributed by atoms with E-state index in [4.69, 9.17) is 0 Å². The highest BCUT2D eigenvalue weighted by Gasteiger charge is 2.26. The summed E-state index contributed by atoms with van der Waals surface area (Å²) in [5.74, 6) is -0.504. The predicted octanol–water partition coefficient (Wildman–Crippen LogP) is 2.00. The van der Waals surface area contributed by atoms with Gasteiger partial charge < -0.3 is 5.32 Å². The highest BCUT2D eigenvalue weighted by molar-refractivity contribution is 7.89. The molecule has 0 unspecified atom stereocenters. The summed E-state index contributed by atoms with van der Waals surface area (Å²) in [5.41, 5.74) is -0.281. The third-order valence-electron chi connectivity index (χ3n) is 5.82. The maximum Gasteiger partial charge on any atom is 0.331 e. The van der Waals surface area contributed by atoms with E-state index in [-0.39, 0.29) is 18.0 Å². The number of para-hydroxylation sites is 1. The lowest BCUT2D eigenvalue weighted by molar-refractivity contribution is -0.116. The summed E-state index contributed by atoms with van der Waals surface area (Å²) in [7, 11) is -3.64. The van der Waals surface area contributed by atoms with Gasteiger partial charge in [-0.15, -0.1) is 0 Å². The predicted molar refractivity (Wildman–Crippen MR) is 126 cm³/mol. The average Bonchev–Trinajstić information content (AvgIpc) is 2.83. The summed E-state index contributed by atoms with van der Waals surface area (Å²) in [6, 6.07) is 12.7. The maximum absolute atomic E-state index is 12.9. The number of carbonyl (C=O) groups excluding carboxylic acids is 1. The zero-order valence-electron chi connectivity index (χ0n) is 18.4. The monoisotopic (exact) mass is 470 g/mol. The van der Waals surface area contributed by atoms with E-state index in [1.807, 2.05) is 0 Å². The second-order valence-corrected chi connectivity index (χ2v) is 9.91. The van der Waals surface area contributed by atoms with Gasteiger partial charge in [0.1, 0.15) is 6.54 Å². The van der Waals surface area contributed by atoms with Crippen LogP contribution in [0.4, 0.5) is 5.69 Å². The molecule has 0 aliphatic carbocycles. The van der Waals surface area contributed by atoms with Crippen LogP contribution in [0.15, 0.2) is 63.0 Å². The molecule has 10 heteroatoms. The summed E-state index contributed by atoms with van der Waals surface area (Å²) in [4.78, 5) is 38.3. The van der Waals surface area contributed by atoms with Gasteiger partial charge in [-0.25, -0.2) is 13.2 Å². The Kier molecular flexibility index (Phi) is 6.48. The minimum absolute atomic E-state index is 0.115. The van der Waals surface area contributed by atoms with Crippen LogP contribution in [0.5, 0.6) is 0 Å². The molecule has 1 aromatic heterocycles. The van der Waals surface area contributed by atoms with E-state index in [9.17, 15) is 22.8 Å². The summed E-state index contributed by atoms with van der Waals surface area (Å²) in [5, 5.41) is 3.03. The topological polar surface area (TPSA) is 110 Å². The molecule has 1 saturated heterocycles. The molecule has 1 amide bonds.